The van der Waals surface area contributed by atoms with E-state index in [0.29, 0.717) is 0 Å². The third-order valence-electron chi connectivity index (χ3n) is 0.268. The van der Waals surface area contributed by atoms with Crippen molar-refractivity contribution in [2.24, 2.45) is 0 Å². The maximum atomic E-state index is 9.66. The van der Waals surface area contributed by atoms with Crippen molar-refractivity contribution >= 4 is 21.4 Å². The molecule has 0 atom stereocenters. The molecule has 0 aromatic carbocycles. The molecule has 0 aromatic heterocycles. The molecule has 0 aliphatic heterocycles. The summed E-state index contributed by atoms with van der Waals surface area (Å²) in [5.41, 5.74) is 0. The Morgan fingerprint density at radius 1 is 2.00 bits per heavy atom. The zero-order chi connectivity index (χ0) is 4.99. The van der Waals surface area contributed by atoms with E-state index in [-0.39, 0.29) is 0 Å². The van der Waals surface area contributed by atoms with Crippen LogP contribution in [0.1, 0.15) is 0 Å². The van der Waals surface area contributed by atoms with Gasteiger partial charge in [-0.05, 0) is 0 Å². The van der Waals surface area contributed by atoms with Gasteiger partial charge in [0.05, 0.1) is 0 Å². The molecule has 0 unspecified atom stereocenters. The average Bonchev–Trinajstić information content (AvgIpc) is 1.35. The summed E-state index contributed by atoms with van der Waals surface area (Å²) in [6.45, 7) is 0. The van der Waals surface area contributed by atoms with Gasteiger partial charge in [-0.25, -0.2) is 0 Å². The van der Waals surface area contributed by atoms with Crippen molar-refractivity contribution in [1.82, 2.24) is 0 Å². The largest absolute Gasteiger partial charge is 0.521 e. The molecule has 0 heterocycles. The molecule has 0 spiro atoms. The Hall–Kier alpha value is -0.440. The summed E-state index contributed by atoms with van der Waals surface area (Å²) >= 11 is 0. The lowest BCUT2D eigenvalue weighted by Crippen LogP contribution is -2.04. The zero-order valence-electron chi connectivity index (χ0n) is 3.47. The van der Waals surface area contributed by atoms with Crippen LogP contribution in [0.3, 0.4) is 0 Å². The van der Waals surface area contributed by atoms with Gasteiger partial charge in [0.25, 0.3) is 0 Å². The molecule has 0 fully saturated rings. The van der Waals surface area contributed by atoms with E-state index in [1.165, 1.54) is 7.85 Å². The second kappa shape index (κ2) is 2.78. The quantitative estimate of drug-likeness (QED) is 0.376. The summed E-state index contributed by atoms with van der Waals surface area (Å²) in [5.74, 6) is -0.461. The number of carbonyl (C=O) groups excluding carboxylic acids is 1. The lowest BCUT2D eigenvalue weighted by atomic mass is 10.2. The van der Waals surface area contributed by atoms with Gasteiger partial charge in [-0.1, -0.05) is 0 Å². The molecule has 0 amide bonds. The van der Waals surface area contributed by atoms with Gasteiger partial charge in [-0.15, -0.1) is 0 Å². The van der Waals surface area contributed by atoms with Crippen molar-refractivity contribution in [3.63, 3.8) is 0 Å². The van der Waals surface area contributed by atoms with Crippen molar-refractivity contribution < 1.29 is 14.5 Å². The number of rotatable bonds is 1. The Labute approximate surface area is 37.0 Å². The van der Waals surface area contributed by atoms with Crippen LogP contribution in [0, 0.1) is 0 Å². The van der Waals surface area contributed by atoms with E-state index in [1.54, 1.807) is 0 Å². The van der Waals surface area contributed by atoms with Crippen molar-refractivity contribution in [2.45, 2.75) is 0 Å². The number of carbonyl (C=O) groups is 1. The third-order valence-corrected chi connectivity index (χ3v) is 0.268. The van der Waals surface area contributed by atoms with E-state index in [9.17, 15) is 4.79 Å². The monoisotopic (exact) mass is 86.0 g/mol. The fourth-order valence-corrected chi connectivity index (χ4v) is 0.0909. The predicted octanol–water partition coefficient (Wildman–Crippen LogP) is -1.99. The summed E-state index contributed by atoms with van der Waals surface area (Å²) in [4.78, 5) is 9.66. The number of hydrogen-bond acceptors (Lipinski definition) is 3. The molecule has 0 radical (unpaired) electrons. The Kier molecular flexibility index (Phi) is 2.58. The molecule has 5 heteroatoms. The third kappa shape index (κ3) is 3.56. The molecule has 0 aliphatic carbocycles. The summed E-state index contributed by atoms with van der Waals surface area (Å²) in [5, 5.41) is 7.79. The van der Waals surface area contributed by atoms with Gasteiger partial charge in [0.2, 0.25) is 13.7 Å². The molecule has 32 valence electrons. The fraction of sp³-hybridized carbons (Fsp3) is 0. The summed E-state index contributed by atoms with van der Waals surface area (Å²) < 4.78 is 3.96. The first-order valence-corrected chi connectivity index (χ1v) is 1.51. The highest BCUT2D eigenvalue weighted by Crippen LogP contribution is 1.63. The van der Waals surface area contributed by atoms with Gasteiger partial charge in [0.15, 0.2) is 0 Å². The summed E-state index contributed by atoms with van der Waals surface area (Å²) in [6, 6.07) is 0. The SMILES string of the molecule is BC(=O)OBO. The van der Waals surface area contributed by atoms with Gasteiger partial charge in [0.1, 0.15) is 0 Å². The van der Waals surface area contributed by atoms with Crippen molar-refractivity contribution in [2.75, 3.05) is 0 Å². The Morgan fingerprint density at radius 2 is 2.50 bits per heavy atom. The maximum Gasteiger partial charge on any atom is 0.505 e. The first-order chi connectivity index (χ1) is 2.77. The maximum absolute atomic E-state index is 9.66. The standard InChI is InChI=1S/CH4B2O3/c2-1(4)6-3-5/h3,5H,2H2. The van der Waals surface area contributed by atoms with E-state index in [2.05, 4.69) is 4.65 Å². The lowest BCUT2D eigenvalue weighted by molar-refractivity contribution is 0.221. The second-order valence-electron chi connectivity index (χ2n) is 0.765. The van der Waals surface area contributed by atoms with E-state index in [0.717, 1.165) is 0 Å². The van der Waals surface area contributed by atoms with Crippen LogP contribution in [0.25, 0.3) is 0 Å². The highest BCUT2D eigenvalue weighted by molar-refractivity contribution is 6.57. The van der Waals surface area contributed by atoms with Crippen molar-refractivity contribution in [3.8, 4) is 0 Å². The van der Waals surface area contributed by atoms with E-state index >= 15 is 0 Å². The van der Waals surface area contributed by atoms with Gasteiger partial charge >= 0.3 is 7.69 Å². The molecular weight excluding hydrogens is 81.6 g/mol. The first-order valence-electron chi connectivity index (χ1n) is 1.51. The molecule has 0 bridgehead atoms. The molecule has 3 nitrogen and oxygen atoms in total. The van der Waals surface area contributed by atoms with Gasteiger partial charge in [0, 0.05) is 0 Å². The molecule has 6 heavy (non-hydrogen) atoms. The van der Waals surface area contributed by atoms with Crippen LogP contribution in [-0.2, 0) is 4.65 Å². The molecule has 1 N–H and O–H groups in total. The van der Waals surface area contributed by atoms with E-state index in [1.807, 2.05) is 0 Å². The Morgan fingerprint density at radius 3 is 2.50 bits per heavy atom. The molecule has 0 saturated carbocycles. The molecule has 0 aromatic rings. The predicted molar refractivity (Wildman–Crippen MR) is 24.4 cm³/mol. The minimum Gasteiger partial charge on any atom is -0.521 e. The fourth-order valence-electron chi connectivity index (χ4n) is 0.0909. The second-order valence-corrected chi connectivity index (χ2v) is 0.765. The van der Waals surface area contributed by atoms with Gasteiger partial charge in [-0.3, -0.25) is 4.79 Å². The van der Waals surface area contributed by atoms with E-state index in [4.69, 9.17) is 5.02 Å². The average molecular weight is 85.7 g/mol. The van der Waals surface area contributed by atoms with Crippen molar-refractivity contribution in [3.05, 3.63) is 0 Å². The van der Waals surface area contributed by atoms with Crippen LogP contribution in [0.4, 0.5) is 4.79 Å². The molecule has 0 aliphatic rings. The molecule has 0 rings (SSSR count). The van der Waals surface area contributed by atoms with Crippen LogP contribution in [0.5, 0.6) is 0 Å². The Bertz CT molecular complexity index is 52.8. The highest BCUT2D eigenvalue weighted by atomic mass is 16.5. The lowest BCUT2D eigenvalue weighted by Gasteiger charge is -1.87. The number of hydrogen-bond donors (Lipinski definition) is 1. The molecule has 0 saturated heterocycles. The minimum atomic E-state index is -0.519. The van der Waals surface area contributed by atoms with Crippen LogP contribution in [0.2, 0.25) is 0 Å². The molecular formula is CH4B2O3. The van der Waals surface area contributed by atoms with Crippen molar-refractivity contribution in [1.29, 1.82) is 0 Å². The highest BCUT2D eigenvalue weighted by Gasteiger charge is 1.86. The smallest absolute Gasteiger partial charge is 0.505 e. The van der Waals surface area contributed by atoms with Gasteiger partial charge < -0.3 is 9.68 Å². The van der Waals surface area contributed by atoms with Crippen LogP contribution in [-0.4, -0.2) is 26.4 Å². The zero-order valence-corrected chi connectivity index (χ0v) is 3.47. The van der Waals surface area contributed by atoms with Gasteiger partial charge in [-0.2, -0.15) is 0 Å². The van der Waals surface area contributed by atoms with Crippen LogP contribution < -0.4 is 0 Å². The summed E-state index contributed by atoms with van der Waals surface area (Å²) in [6.07, 6.45) is 0. The van der Waals surface area contributed by atoms with E-state index < -0.39 is 13.6 Å². The summed E-state index contributed by atoms with van der Waals surface area (Å²) in [7, 11) is 0.714. The first kappa shape index (κ1) is 5.56. The van der Waals surface area contributed by atoms with Crippen LogP contribution >= 0.6 is 0 Å². The normalized spacial score (nSPS) is 6.83. The minimum absolute atomic E-state index is 0.461. The topological polar surface area (TPSA) is 46.5 Å². The van der Waals surface area contributed by atoms with Crippen LogP contribution in [0.15, 0.2) is 0 Å². The Balaban J connectivity index is 2.83.